The normalized spacial score (nSPS) is 12.5. The van der Waals surface area contributed by atoms with Crippen molar-refractivity contribution in [3.05, 3.63) is 0 Å². The van der Waals surface area contributed by atoms with E-state index in [0.29, 0.717) is 19.3 Å². The number of rotatable bonds is 52. The fraction of sp³-hybridized carbons (Fsp3) is 0.948. The molecule has 380 valence electrons. The molecule has 0 aliphatic carbocycles. The van der Waals surface area contributed by atoms with E-state index < -0.39 is 6.10 Å². The number of ether oxygens (including phenoxy) is 3. The molecule has 0 aliphatic rings. The maximum atomic E-state index is 12.8. The molecule has 0 fully saturated rings. The molecular weight excluding hydrogens is 793 g/mol. The average molecular weight is 906 g/mol. The number of hydrogen-bond donors (Lipinski definition) is 0. The Balaban J connectivity index is 4.28. The van der Waals surface area contributed by atoms with Crippen molar-refractivity contribution in [2.45, 2.75) is 330 Å². The van der Waals surface area contributed by atoms with E-state index in [1.54, 1.807) is 0 Å². The lowest BCUT2D eigenvalue weighted by molar-refractivity contribution is -0.167. The number of carbonyl (C=O) groups excluding carboxylic acids is 3. The van der Waals surface area contributed by atoms with E-state index in [1.807, 2.05) is 0 Å². The van der Waals surface area contributed by atoms with E-state index in [-0.39, 0.29) is 31.1 Å². The van der Waals surface area contributed by atoms with Gasteiger partial charge in [0, 0.05) is 19.3 Å². The minimum absolute atomic E-state index is 0.0630. The van der Waals surface area contributed by atoms with Gasteiger partial charge in [0.1, 0.15) is 13.2 Å². The molecule has 2 atom stereocenters. The summed E-state index contributed by atoms with van der Waals surface area (Å²) in [6.07, 6.45) is 53.7. The summed E-state index contributed by atoms with van der Waals surface area (Å²) in [6.45, 7) is 11.4. The first-order valence-electron chi connectivity index (χ1n) is 28.8. The predicted molar refractivity (Wildman–Crippen MR) is 275 cm³/mol. The van der Waals surface area contributed by atoms with Crippen molar-refractivity contribution in [3.63, 3.8) is 0 Å². The lowest BCUT2D eigenvalue weighted by Gasteiger charge is -2.18. The second-order valence-corrected chi connectivity index (χ2v) is 20.6. The zero-order valence-electron chi connectivity index (χ0n) is 43.9. The van der Waals surface area contributed by atoms with Gasteiger partial charge in [-0.15, -0.1) is 0 Å². The molecule has 0 spiro atoms. The fourth-order valence-electron chi connectivity index (χ4n) is 8.84. The topological polar surface area (TPSA) is 78.9 Å². The molecular formula is C58H112O6. The highest BCUT2D eigenvalue weighted by molar-refractivity contribution is 5.71. The Kier molecular flexibility index (Phi) is 49.6. The lowest BCUT2D eigenvalue weighted by Crippen LogP contribution is -2.30. The summed E-state index contributed by atoms with van der Waals surface area (Å²) in [5.41, 5.74) is 0. The van der Waals surface area contributed by atoms with Gasteiger partial charge in [-0.25, -0.2) is 0 Å². The third kappa shape index (κ3) is 49.8. The SMILES string of the molecule is CCCCCCCCCCCCCCCCCC(=O)OC[C@@H](COC(=O)CCCCCCCCCCC(C)CC)OC(=O)CCCCCCCCCCCCCCCCCCC(C)C. The van der Waals surface area contributed by atoms with Crippen molar-refractivity contribution in [2.24, 2.45) is 11.8 Å². The maximum absolute atomic E-state index is 12.8. The molecule has 64 heavy (non-hydrogen) atoms. The van der Waals surface area contributed by atoms with Crippen molar-refractivity contribution >= 4 is 17.9 Å². The molecule has 1 unspecified atom stereocenters. The van der Waals surface area contributed by atoms with Crippen LogP contribution in [0, 0.1) is 11.8 Å². The van der Waals surface area contributed by atoms with Gasteiger partial charge in [0.2, 0.25) is 0 Å². The second kappa shape index (κ2) is 50.8. The van der Waals surface area contributed by atoms with Gasteiger partial charge < -0.3 is 14.2 Å². The highest BCUT2D eigenvalue weighted by atomic mass is 16.6. The molecule has 0 aromatic rings. The standard InChI is InChI=1S/C58H112O6/c1-6-8-9-10-11-12-13-14-17-21-24-27-33-38-43-48-56(59)62-51-55(52-63-57(60)49-44-39-34-30-29-32-37-42-47-54(5)7-2)64-58(61)50-45-40-35-28-25-22-19-16-15-18-20-23-26-31-36-41-46-53(3)4/h53-55H,6-52H2,1-5H3/t54?,55-/m0/s1. The van der Waals surface area contributed by atoms with Gasteiger partial charge in [-0.3, -0.25) is 14.4 Å². The third-order valence-corrected chi connectivity index (χ3v) is 13.6. The Morgan fingerprint density at radius 3 is 0.891 bits per heavy atom. The smallest absolute Gasteiger partial charge is 0.306 e. The van der Waals surface area contributed by atoms with Gasteiger partial charge >= 0.3 is 17.9 Å². The largest absolute Gasteiger partial charge is 0.462 e. The van der Waals surface area contributed by atoms with Crippen LogP contribution in [0.1, 0.15) is 324 Å². The number of esters is 3. The van der Waals surface area contributed by atoms with Crippen molar-refractivity contribution in [3.8, 4) is 0 Å². The Hall–Kier alpha value is -1.59. The van der Waals surface area contributed by atoms with E-state index >= 15 is 0 Å². The molecule has 0 aromatic carbocycles. The molecule has 0 N–H and O–H groups in total. The van der Waals surface area contributed by atoms with E-state index in [2.05, 4.69) is 34.6 Å². The highest BCUT2D eigenvalue weighted by Gasteiger charge is 2.19. The van der Waals surface area contributed by atoms with E-state index in [1.165, 1.54) is 212 Å². The molecule has 6 nitrogen and oxygen atoms in total. The van der Waals surface area contributed by atoms with Gasteiger partial charge in [-0.2, -0.15) is 0 Å². The first kappa shape index (κ1) is 62.4. The van der Waals surface area contributed by atoms with Crippen LogP contribution in [0.15, 0.2) is 0 Å². The van der Waals surface area contributed by atoms with Gasteiger partial charge in [-0.05, 0) is 31.1 Å². The number of hydrogen-bond acceptors (Lipinski definition) is 6. The summed E-state index contributed by atoms with van der Waals surface area (Å²) in [4.78, 5) is 38.1. The second-order valence-electron chi connectivity index (χ2n) is 20.6. The van der Waals surface area contributed by atoms with Crippen LogP contribution in [0.4, 0.5) is 0 Å². The van der Waals surface area contributed by atoms with Crippen LogP contribution in [0.5, 0.6) is 0 Å². The summed E-state index contributed by atoms with van der Waals surface area (Å²) >= 11 is 0. The van der Waals surface area contributed by atoms with Crippen molar-refractivity contribution in [1.29, 1.82) is 0 Å². The first-order chi connectivity index (χ1) is 31.3. The monoisotopic (exact) mass is 905 g/mol. The molecule has 0 saturated heterocycles. The maximum Gasteiger partial charge on any atom is 0.306 e. The molecule has 0 rings (SSSR count). The third-order valence-electron chi connectivity index (χ3n) is 13.6. The summed E-state index contributed by atoms with van der Waals surface area (Å²) < 4.78 is 16.9. The first-order valence-corrected chi connectivity index (χ1v) is 28.8. The van der Waals surface area contributed by atoms with E-state index in [0.717, 1.165) is 69.6 Å². The van der Waals surface area contributed by atoms with E-state index in [4.69, 9.17) is 14.2 Å². The summed E-state index contributed by atoms with van der Waals surface area (Å²) in [7, 11) is 0. The van der Waals surface area contributed by atoms with Crippen LogP contribution in [-0.2, 0) is 28.6 Å². The number of unbranched alkanes of at least 4 members (excludes halogenated alkanes) is 36. The average Bonchev–Trinajstić information content (AvgIpc) is 3.28. The van der Waals surface area contributed by atoms with E-state index in [9.17, 15) is 14.4 Å². The Labute approximate surface area is 399 Å². The molecule has 0 radical (unpaired) electrons. The summed E-state index contributed by atoms with van der Waals surface area (Å²) in [5.74, 6) is 0.858. The van der Waals surface area contributed by atoms with Gasteiger partial charge in [0.05, 0.1) is 0 Å². The number of carbonyl (C=O) groups is 3. The predicted octanol–water partition coefficient (Wildman–Crippen LogP) is 18.9. The molecule has 0 heterocycles. The Bertz CT molecular complexity index is 980. The molecule has 0 aliphatic heterocycles. The van der Waals surface area contributed by atoms with Crippen molar-refractivity contribution < 1.29 is 28.6 Å². The van der Waals surface area contributed by atoms with Crippen LogP contribution >= 0.6 is 0 Å². The van der Waals surface area contributed by atoms with Crippen LogP contribution < -0.4 is 0 Å². The summed E-state index contributed by atoms with van der Waals surface area (Å²) in [6, 6.07) is 0. The van der Waals surface area contributed by atoms with Gasteiger partial charge in [0.25, 0.3) is 0 Å². The minimum atomic E-state index is -0.763. The molecule has 0 amide bonds. The quantitative estimate of drug-likeness (QED) is 0.0344. The highest BCUT2D eigenvalue weighted by Crippen LogP contribution is 2.18. The van der Waals surface area contributed by atoms with Crippen molar-refractivity contribution in [1.82, 2.24) is 0 Å². The molecule has 0 saturated carbocycles. The molecule has 0 aromatic heterocycles. The summed E-state index contributed by atoms with van der Waals surface area (Å²) in [5, 5.41) is 0. The lowest BCUT2D eigenvalue weighted by atomic mass is 9.99. The zero-order chi connectivity index (χ0) is 46.8. The van der Waals surface area contributed by atoms with Crippen LogP contribution in [0.3, 0.4) is 0 Å². The Morgan fingerprint density at radius 2 is 0.594 bits per heavy atom. The van der Waals surface area contributed by atoms with Gasteiger partial charge in [0.15, 0.2) is 6.10 Å². The van der Waals surface area contributed by atoms with Crippen LogP contribution in [0.25, 0.3) is 0 Å². The minimum Gasteiger partial charge on any atom is -0.462 e. The Morgan fingerprint density at radius 1 is 0.328 bits per heavy atom. The van der Waals surface area contributed by atoms with Crippen LogP contribution in [-0.4, -0.2) is 37.2 Å². The fourth-order valence-corrected chi connectivity index (χ4v) is 8.84. The zero-order valence-corrected chi connectivity index (χ0v) is 43.9. The molecule has 0 bridgehead atoms. The van der Waals surface area contributed by atoms with Gasteiger partial charge in [-0.1, -0.05) is 285 Å². The van der Waals surface area contributed by atoms with Crippen molar-refractivity contribution in [2.75, 3.05) is 13.2 Å². The molecule has 6 heteroatoms. The van der Waals surface area contributed by atoms with Crippen LogP contribution in [0.2, 0.25) is 0 Å².